The predicted octanol–water partition coefficient (Wildman–Crippen LogP) is 5.97. The molecule has 1 amide bonds. The van der Waals surface area contributed by atoms with Gasteiger partial charge in [0.2, 0.25) is 5.13 Å². The Bertz CT molecular complexity index is 1060. The molecule has 2 N–H and O–H groups in total. The third kappa shape index (κ3) is 6.88. The van der Waals surface area contributed by atoms with Crippen LogP contribution in [0.2, 0.25) is 0 Å². The van der Waals surface area contributed by atoms with Crippen LogP contribution in [0.4, 0.5) is 5.13 Å². The summed E-state index contributed by atoms with van der Waals surface area (Å²) in [4.78, 5) is 23.5. The lowest BCUT2D eigenvalue weighted by atomic mass is 9.77. The summed E-state index contributed by atoms with van der Waals surface area (Å²) < 4.78 is 0. The lowest BCUT2D eigenvalue weighted by molar-refractivity contribution is -0.138. The fourth-order valence-corrected chi connectivity index (χ4v) is 5.99. The third-order valence-electron chi connectivity index (χ3n) is 5.98. The Morgan fingerprint density at radius 3 is 2.39 bits per heavy atom. The molecule has 2 aromatic carbocycles. The van der Waals surface area contributed by atoms with Crippen LogP contribution in [0.5, 0.6) is 0 Å². The van der Waals surface area contributed by atoms with Crippen molar-refractivity contribution in [2.75, 3.05) is 5.32 Å². The van der Waals surface area contributed by atoms with Crippen molar-refractivity contribution in [3.05, 3.63) is 76.3 Å². The second-order valence-corrected chi connectivity index (χ2v) is 10.4. The van der Waals surface area contributed by atoms with E-state index in [1.165, 1.54) is 22.5 Å². The largest absolute Gasteiger partial charge is 0.481 e. The quantitative estimate of drug-likeness (QED) is 0.391. The number of carbonyl (C=O) groups excluding carboxylic acids is 1. The van der Waals surface area contributed by atoms with Gasteiger partial charge in [0.15, 0.2) is 0 Å². The van der Waals surface area contributed by atoms with E-state index in [-0.39, 0.29) is 18.2 Å². The molecule has 172 valence electrons. The molecule has 0 saturated heterocycles. The zero-order valence-electron chi connectivity index (χ0n) is 18.3. The standard InChI is InChI=1S/C25H27N3O3S2/c29-23(30)14-17-6-8-19(9-7-17)20-10-12-21(13-11-20)24(31)26-25-28-27-22(33-25)16-32-15-18-4-2-1-3-5-18/h1-5,10-13,17,19H,6-9,14-16H2,(H,29,30)(H,26,28,31)/t17-,19-. The molecular weight excluding hydrogens is 454 g/mol. The van der Waals surface area contributed by atoms with Crippen molar-refractivity contribution < 1.29 is 14.7 Å². The highest BCUT2D eigenvalue weighted by atomic mass is 32.2. The Labute approximate surface area is 201 Å². The molecule has 0 aliphatic heterocycles. The molecule has 8 heteroatoms. The zero-order valence-corrected chi connectivity index (χ0v) is 19.9. The number of carboxylic acids is 1. The number of aromatic nitrogens is 2. The Hall–Kier alpha value is -2.71. The first-order chi connectivity index (χ1) is 16.1. The first kappa shape index (κ1) is 23.4. The average molecular weight is 482 g/mol. The number of hydrogen-bond donors (Lipinski definition) is 2. The lowest BCUT2D eigenvalue weighted by Gasteiger charge is -2.28. The van der Waals surface area contributed by atoms with Crippen molar-refractivity contribution in [2.24, 2.45) is 5.92 Å². The van der Waals surface area contributed by atoms with E-state index in [1.807, 2.05) is 42.5 Å². The summed E-state index contributed by atoms with van der Waals surface area (Å²) in [7, 11) is 0. The van der Waals surface area contributed by atoms with Gasteiger partial charge < -0.3 is 5.11 Å². The molecular formula is C25H27N3O3S2. The summed E-state index contributed by atoms with van der Waals surface area (Å²) in [6.07, 6.45) is 4.16. The molecule has 33 heavy (non-hydrogen) atoms. The highest BCUT2D eigenvalue weighted by Crippen LogP contribution is 2.37. The number of thioether (sulfide) groups is 1. The maximum atomic E-state index is 12.6. The van der Waals surface area contributed by atoms with Crippen LogP contribution in [0, 0.1) is 5.92 Å². The molecule has 1 saturated carbocycles. The van der Waals surface area contributed by atoms with E-state index in [9.17, 15) is 9.59 Å². The number of carbonyl (C=O) groups is 2. The molecule has 0 unspecified atom stereocenters. The second kappa shape index (κ2) is 11.4. The smallest absolute Gasteiger partial charge is 0.303 e. The van der Waals surface area contributed by atoms with E-state index >= 15 is 0 Å². The molecule has 0 atom stereocenters. The van der Waals surface area contributed by atoms with Gasteiger partial charge in [0.05, 0.1) is 0 Å². The molecule has 1 fully saturated rings. The van der Waals surface area contributed by atoms with Gasteiger partial charge in [0.1, 0.15) is 5.01 Å². The Morgan fingerprint density at radius 1 is 0.970 bits per heavy atom. The maximum Gasteiger partial charge on any atom is 0.303 e. The number of carboxylic acid groups (broad SMARTS) is 1. The second-order valence-electron chi connectivity index (χ2n) is 8.37. The van der Waals surface area contributed by atoms with Gasteiger partial charge in [0.25, 0.3) is 5.91 Å². The van der Waals surface area contributed by atoms with Crippen LogP contribution in [0.3, 0.4) is 0 Å². The van der Waals surface area contributed by atoms with Crippen molar-refractivity contribution >= 4 is 40.1 Å². The van der Waals surface area contributed by atoms with Gasteiger partial charge in [-0.3, -0.25) is 14.9 Å². The maximum absolute atomic E-state index is 12.6. The van der Waals surface area contributed by atoms with E-state index < -0.39 is 5.97 Å². The topological polar surface area (TPSA) is 92.2 Å². The van der Waals surface area contributed by atoms with E-state index in [0.717, 1.165) is 42.2 Å². The number of amides is 1. The Balaban J connectivity index is 1.25. The summed E-state index contributed by atoms with van der Waals surface area (Å²) >= 11 is 3.18. The van der Waals surface area contributed by atoms with E-state index in [1.54, 1.807) is 11.8 Å². The predicted molar refractivity (Wildman–Crippen MR) is 133 cm³/mol. The molecule has 1 aromatic heterocycles. The summed E-state index contributed by atoms with van der Waals surface area (Å²) in [5, 5.41) is 21.5. The van der Waals surface area contributed by atoms with Gasteiger partial charge in [-0.15, -0.1) is 22.0 Å². The van der Waals surface area contributed by atoms with Gasteiger partial charge in [-0.1, -0.05) is 53.8 Å². The van der Waals surface area contributed by atoms with Crippen molar-refractivity contribution in [1.82, 2.24) is 10.2 Å². The van der Waals surface area contributed by atoms with Crippen molar-refractivity contribution in [3.63, 3.8) is 0 Å². The molecule has 1 aliphatic carbocycles. The molecule has 0 spiro atoms. The lowest BCUT2D eigenvalue weighted by Crippen LogP contribution is -2.16. The van der Waals surface area contributed by atoms with Crippen molar-refractivity contribution in [3.8, 4) is 0 Å². The summed E-state index contributed by atoms with van der Waals surface area (Å²) in [5.41, 5.74) is 3.08. The molecule has 0 radical (unpaired) electrons. The molecule has 3 aromatic rings. The SMILES string of the molecule is O=C(O)C[C@H]1CC[C@H](c2ccc(C(=O)Nc3nnc(CSCc4ccccc4)s3)cc2)CC1. The molecule has 6 nitrogen and oxygen atoms in total. The Kier molecular flexibility index (Phi) is 8.12. The molecule has 4 rings (SSSR count). The molecule has 0 bridgehead atoms. The minimum Gasteiger partial charge on any atom is -0.481 e. The average Bonchev–Trinajstić information content (AvgIpc) is 3.27. The van der Waals surface area contributed by atoms with Crippen LogP contribution in [-0.2, 0) is 16.3 Å². The van der Waals surface area contributed by atoms with E-state index in [4.69, 9.17) is 5.11 Å². The monoisotopic (exact) mass is 481 g/mol. The van der Waals surface area contributed by atoms with Crippen LogP contribution in [0.1, 0.15) is 64.5 Å². The summed E-state index contributed by atoms with van der Waals surface area (Å²) in [6, 6.07) is 18.0. The van der Waals surface area contributed by atoms with Gasteiger partial charge in [-0.25, -0.2) is 0 Å². The zero-order chi connectivity index (χ0) is 23.0. The van der Waals surface area contributed by atoms with Gasteiger partial charge >= 0.3 is 5.97 Å². The van der Waals surface area contributed by atoms with Gasteiger partial charge in [0, 0.05) is 23.5 Å². The van der Waals surface area contributed by atoms with E-state index in [0.29, 0.717) is 16.6 Å². The number of rotatable bonds is 9. The number of nitrogens with zero attached hydrogens (tertiary/aromatic N) is 2. The Morgan fingerprint density at radius 2 is 1.70 bits per heavy atom. The summed E-state index contributed by atoms with van der Waals surface area (Å²) in [5.74, 6) is 1.50. The van der Waals surface area contributed by atoms with Crippen molar-refractivity contribution in [2.45, 2.75) is 49.5 Å². The number of benzene rings is 2. The minimum absolute atomic E-state index is 0.189. The minimum atomic E-state index is -0.706. The fraction of sp³-hybridized carbons (Fsp3) is 0.360. The third-order valence-corrected chi connectivity index (χ3v) is 8.02. The number of anilines is 1. The normalized spacial score (nSPS) is 18.1. The van der Waals surface area contributed by atoms with Crippen LogP contribution in [0.15, 0.2) is 54.6 Å². The van der Waals surface area contributed by atoms with Crippen molar-refractivity contribution in [1.29, 1.82) is 0 Å². The van der Waals surface area contributed by atoms with Crippen LogP contribution >= 0.6 is 23.1 Å². The fourth-order valence-electron chi connectivity index (χ4n) is 4.22. The highest BCUT2D eigenvalue weighted by Gasteiger charge is 2.24. The number of hydrogen-bond acceptors (Lipinski definition) is 6. The van der Waals surface area contributed by atoms with Gasteiger partial charge in [-0.05, 0) is 60.8 Å². The number of aliphatic carboxylic acids is 1. The molecule has 1 heterocycles. The van der Waals surface area contributed by atoms with E-state index in [2.05, 4.69) is 27.6 Å². The number of nitrogens with one attached hydrogen (secondary N) is 1. The first-order valence-electron chi connectivity index (χ1n) is 11.1. The molecule has 1 aliphatic rings. The first-order valence-corrected chi connectivity index (χ1v) is 13.1. The van der Waals surface area contributed by atoms with Crippen LogP contribution < -0.4 is 5.32 Å². The highest BCUT2D eigenvalue weighted by molar-refractivity contribution is 7.97. The summed E-state index contributed by atoms with van der Waals surface area (Å²) in [6.45, 7) is 0. The van der Waals surface area contributed by atoms with Gasteiger partial charge in [-0.2, -0.15) is 0 Å². The van der Waals surface area contributed by atoms with Crippen LogP contribution in [-0.4, -0.2) is 27.2 Å². The van der Waals surface area contributed by atoms with Crippen LogP contribution in [0.25, 0.3) is 0 Å².